The van der Waals surface area contributed by atoms with E-state index in [1.54, 1.807) is 12.3 Å². The minimum absolute atomic E-state index is 0.294. The Morgan fingerprint density at radius 2 is 2.28 bits per heavy atom. The van der Waals surface area contributed by atoms with Gasteiger partial charge in [-0.05, 0) is 17.7 Å². The molecule has 18 heavy (non-hydrogen) atoms. The summed E-state index contributed by atoms with van der Waals surface area (Å²) in [7, 11) is 1.93. The molecule has 92 valence electrons. The summed E-state index contributed by atoms with van der Waals surface area (Å²) in [6, 6.07) is 4.62. The Bertz CT molecular complexity index is 617. The van der Waals surface area contributed by atoms with Crippen molar-refractivity contribution in [1.29, 1.82) is 5.41 Å². The third-order valence-corrected chi connectivity index (χ3v) is 3.26. The number of aryl methyl sites for hydroxylation is 1. The van der Waals surface area contributed by atoms with Gasteiger partial charge in [-0.3, -0.25) is 5.41 Å². The van der Waals surface area contributed by atoms with Crippen LogP contribution in [0.5, 0.6) is 0 Å². The summed E-state index contributed by atoms with van der Waals surface area (Å²) < 4.78 is 15.1. The number of rotatable bonds is 2. The molecule has 2 aromatic rings. The van der Waals surface area contributed by atoms with E-state index in [9.17, 15) is 4.39 Å². The smallest absolute Gasteiger partial charge is 0.129 e. The van der Waals surface area contributed by atoms with Crippen LogP contribution in [0.3, 0.4) is 0 Å². The van der Waals surface area contributed by atoms with Gasteiger partial charge in [0, 0.05) is 31.5 Å². The lowest BCUT2D eigenvalue weighted by Crippen LogP contribution is -2.24. The van der Waals surface area contributed by atoms with Crippen molar-refractivity contribution in [2.75, 3.05) is 0 Å². The molecule has 0 aliphatic carbocycles. The SMILES string of the molecule is Cn1ccnc1CN1Cc2ccc(F)cc2C1=N. The Kier molecular flexibility index (Phi) is 2.40. The minimum Gasteiger partial charge on any atom is -0.345 e. The number of hydrogen-bond acceptors (Lipinski definition) is 2. The molecule has 0 radical (unpaired) electrons. The fourth-order valence-corrected chi connectivity index (χ4v) is 2.22. The molecule has 1 N–H and O–H groups in total. The molecule has 0 saturated heterocycles. The van der Waals surface area contributed by atoms with Crippen molar-refractivity contribution in [2.24, 2.45) is 7.05 Å². The van der Waals surface area contributed by atoms with E-state index in [1.807, 2.05) is 22.7 Å². The summed E-state index contributed by atoms with van der Waals surface area (Å²) in [4.78, 5) is 6.14. The quantitative estimate of drug-likeness (QED) is 0.877. The van der Waals surface area contributed by atoms with Gasteiger partial charge in [0.05, 0.1) is 6.54 Å². The van der Waals surface area contributed by atoms with Crippen LogP contribution in [-0.2, 0) is 20.1 Å². The Morgan fingerprint density at radius 1 is 1.44 bits per heavy atom. The zero-order valence-corrected chi connectivity index (χ0v) is 10.0. The number of halogens is 1. The highest BCUT2D eigenvalue weighted by Crippen LogP contribution is 2.24. The van der Waals surface area contributed by atoms with E-state index in [0.717, 1.165) is 11.4 Å². The van der Waals surface area contributed by atoms with Crippen molar-refractivity contribution in [2.45, 2.75) is 13.1 Å². The molecule has 5 heteroatoms. The van der Waals surface area contributed by atoms with Gasteiger partial charge in [-0.25, -0.2) is 9.37 Å². The fraction of sp³-hybridized carbons (Fsp3) is 0.231. The van der Waals surface area contributed by atoms with E-state index in [4.69, 9.17) is 5.41 Å². The van der Waals surface area contributed by atoms with Crippen LogP contribution in [0.1, 0.15) is 17.0 Å². The van der Waals surface area contributed by atoms with Crippen molar-refractivity contribution in [1.82, 2.24) is 14.5 Å². The van der Waals surface area contributed by atoms with Gasteiger partial charge in [0.25, 0.3) is 0 Å². The first kappa shape index (κ1) is 11.0. The van der Waals surface area contributed by atoms with Crippen LogP contribution in [0, 0.1) is 11.2 Å². The van der Waals surface area contributed by atoms with Crippen LogP contribution in [0.2, 0.25) is 0 Å². The highest BCUT2D eigenvalue weighted by Gasteiger charge is 2.25. The summed E-state index contributed by atoms with van der Waals surface area (Å²) in [6.45, 7) is 1.21. The minimum atomic E-state index is -0.294. The average molecular weight is 244 g/mol. The second kappa shape index (κ2) is 3.94. The van der Waals surface area contributed by atoms with E-state index in [-0.39, 0.29) is 5.82 Å². The lowest BCUT2D eigenvalue weighted by atomic mass is 10.1. The molecule has 1 aliphatic heterocycles. The topological polar surface area (TPSA) is 44.9 Å². The second-order valence-corrected chi connectivity index (χ2v) is 4.46. The van der Waals surface area contributed by atoms with Crippen molar-refractivity contribution in [3.05, 3.63) is 53.4 Å². The lowest BCUT2D eigenvalue weighted by molar-refractivity contribution is 0.404. The van der Waals surface area contributed by atoms with E-state index in [2.05, 4.69) is 4.98 Å². The van der Waals surface area contributed by atoms with Crippen LogP contribution in [0.25, 0.3) is 0 Å². The summed E-state index contributed by atoms with van der Waals surface area (Å²) in [5.41, 5.74) is 1.68. The summed E-state index contributed by atoms with van der Waals surface area (Å²) >= 11 is 0. The van der Waals surface area contributed by atoms with Gasteiger partial charge in [-0.2, -0.15) is 0 Å². The Labute approximate surface area is 104 Å². The summed E-state index contributed by atoms with van der Waals surface area (Å²) in [6.07, 6.45) is 3.61. The number of imidazole rings is 1. The number of aromatic nitrogens is 2. The molecule has 1 aromatic carbocycles. The van der Waals surface area contributed by atoms with Gasteiger partial charge in [0.1, 0.15) is 17.5 Å². The molecule has 0 unspecified atom stereocenters. The number of nitrogens with one attached hydrogen (secondary N) is 1. The average Bonchev–Trinajstić information content (AvgIpc) is 2.87. The summed E-state index contributed by atoms with van der Waals surface area (Å²) in [5.74, 6) is 0.970. The normalized spacial score (nSPS) is 14.1. The van der Waals surface area contributed by atoms with Crippen LogP contribution < -0.4 is 0 Å². The van der Waals surface area contributed by atoms with Crippen molar-refractivity contribution in [3.63, 3.8) is 0 Å². The molecular formula is C13H13FN4. The molecule has 1 aliphatic rings. The molecule has 0 bridgehead atoms. The molecule has 0 fully saturated rings. The molecule has 0 saturated carbocycles. The monoisotopic (exact) mass is 244 g/mol. The van der Waals surface area contributed by atoms with Gasteiger partial charge in [0.2, 0.25) is 0 Å². The number of nitrogens with zero attached hydrogens (tertiary/aromatic N) is 3. The van der Waals surface area contributed by atoms with Gasteiger partial charge in [-0.1, -0.05) is 6.07 Å². The first-order valence-corrected chi connectivity index (χ1v) is 5.73. The van der Waals surface area contributed by atoms with E-state index in [1.165, 1.54) is 12.1 Å². The molecule has 4 nitrogen and oxygen atoms in total. The second-order valence-electron chi connectivity index (χ2n) is 4.46. The maximum atomic E-state index is 13.2. The number of amidine groups is 1. The molecular weight excluding hydrogens is 231 g/mol. The lowest BCUT2D eigenvalue weighted by Gasteiger charge is -2.17. The molecule has 1 aromatic heterocycles. The van der Waals surface area contributed by atoms with E-state index < -0.39 is 0 Å². The summed E-state index contributed by atoms with van der Waals surface area (Å²) in [5, 5.41) is 8.08. The Hall–Kier alpha value is -2.17. The number of benzene rings is 1. The van der Waals surface area contributed by atoms with E-state index in [0.29, 0.717) is 24.5 Å². The number of hydrogen-bond donors (Lipinski definition) is 1. The first-order chi connectivity index (χ1) is 8.65. The Morgan fingerprint density at radius 3 is 3.00 bits per heavy atom. The molecule has 0 spiro atoms. The predicted molar refractivity (Wildman–Crippen MR) is 65.7 cm³/mol. The largest absolute Gasteiger partial charge is 0.345 e. The van der Waals surface area contributed by atoms with Gasteiger partial charge in [-0.15, -0.1) is 0 Å². The van der Waals surface area contributed by atoms with Crippen LogP contribution >= 0.6 is 0 Å². The van der Waals surface area contributed by atoms with Gasteiger partial charge < -0.3 is 9.47 Å². The van der Waals surface area contributed by atoms with Crippen LogP contribution in [-0.4, -0.2) is 20.3 Å². The predicted octanol–water partition coefficient (Wildman–Crippen LogP) is 1.90. The standard InChI is InChI=1S/C13H13FN4/c1-17-5-4-16-12(17)8-18-7-9-2-3-10(14)6-11(9)13(18)15/h2-6,15H,7-8H2,1H3. The first-order valence-electron chi connectivity index (χ1n) is 5.73. The third kappa shape index (κ3) is 1.68. The van der Waals surface area contributed by atoms with Crippen molar-refractivity contribution in [3.8, 4) is 0 Å². The highest BCUT2D eigenvalue weighted by atomic mass is 19.1. The zero-order valence-electron chi connectivity index (χ0n) is 10.0. The molecule has 0 atom stereocenters. The van der Waals surface area contributed by atoms with Crippen molar-refractivity contribution >= 4 is 5.84 Å². The maximum absolute atomic E-state index is 13.2. The van der Waals surface area contributed by atoms with Gasteiger partial charge in [0.15, 0.2) is 0 Å². The van der Waals surface area contributed by atoms with Crippen LogP contribution in [0.15, 0.2) is 30.6 Å². The molecule has 2 heterocycles. The Balaban J connectivity index is 1.87. The third-order valence-electron chi connectivity index (χ3n) is 3.26. The van der Waals surface area contributed by atoms with E-state index >= 15 is 0 Å². The zero-order chi connectivity index (χ0) is 12.7. The fourth-order valence-electron chi connectivity index (χ4n) is 2.22. The molecule has 0 amide bonds. The molecule has 3 rings (SSSR count). The van der Waals surface area contributed by atoms with Gasteiger partial charge >= 0.3 is 0 Å². The van der Waals surface area contributed by atoms with Crippen LogP contribution in [0.4, 0.5) is 4.39 Å². The maximum Gasteiger partial charge on any atom is 0.129 e. The highest BCUT2D eigenvalue weighted by molar-refractivity contribution is 6.00. The number of fused-ring (bicyclic) bond motifs is 1. The van der Waals surface area contributed by atoms with Crippen molar-refractivity contribution < 1.29 is 4.39 Å².